The van der Waals surface area contributed by atoms with Crippen LogP contribution in [0.25, 0.3) is 10.9 Å². The topological polar surface area (TPSA) is 101 Å². The van der Waals surface area contributed by atoms with Gasteiger partial charge in [-0.25, -0.2) is 9.18 Å². The Morgan fingerprint density at radius 1 is 1.02 bits per heavy atom. The second-order valence-electron chi connectivity index (χ2n) is 11.2. The summed E-state index contributed by atoms with van der Waals surface area (Å²) >= 11 is 0. The number of carbonyl (C=O) groups is 3. The van der Waals surface area contributed by atoms with Gasteiger partial charge in [-0.2, -0.15) is 0 Å². The van der Waals surface area contributed by atoms with Crippen LogP contribution in [0.4, 0.5) is 20.6 Å². The number of anilines is 2. The van der Waals surface area contributed by atoms with Crippen molar-refractivity contribution in [1.29, 1.82) is 0 Å². The molecule has 0 bridgehead atoms. The van der Waals surface area contributed by atoms with E-state index < -0.39 is 11.9 Å². The molecule has 0 saturated carbocycles. The maximum atomic E-state index is 13.8. The molecule has 0 unspecified atom stereocenters. The summed E-state index contributed by atoms with van der Waals surface area (Å²) in [5.74, 6) is -1.13. The highest BCUT2D eigenvalue weighted by Gasteiger charge is 2.32. The number of urea groups is 1. The third-order valence-electron chi connectivity index (χ3n) is 7.89. The SMILES string of the molecule is C[C@@H](c1c[nH]c2ccccc12)[C@@H](NC(=O)N1CCN(c2ccc(F)cc2C=O)CC1)C(=O)Nc1cccc(CN(C)C)c1. The molecule has 43 heavy (non-hydrogen) atoms. The van der Waals surface area contributed by atoms with Crippen molar-refractivity contribution < 1.29 is 18.8 Å². The van der Waals surface area contributed by atoms with Gasteiger partial charge in [-0.1, -0.05) is 37.3 Å². The number of nitrogens with zero attached hydrogens (tertiary/aromatic N) is 3. The van der Waals surface area contributed by atoms with Crippen molar-refractivity contribution in [3.63, 3.8) is 0 Å². The number of rotatable bonds is 9. The minimum atomic E-state index is -0.860. The minimum absolute atomic E-state index is 0.275. The van der Waals surface area contributed by atoms with E-state index in [4.69, 9.17) is 0 Å². The Hall–Kier alpha value is -4.70. The van der Waals surface area contributed by atoms with E-state index in [2.05, 4.69) is 20.5 Å². The molecule has 3 N–H and O–H groups in total. The average molecular weight is 585 g/mol. The number of amides is 3. The van der Waals surface area contributed by atoms with Crippen molar-refractivity contribution in [2.75, 3.05) is 50.5 Å². The summed E-state index contributed by atoms with van der Waals surface area (Å²) < 4.78 is 13.6. The smallest absolute Gasteiger partial charge is 0.318 e. The normalized spacial score (nSPS) is 14.9. The van der Waals surface area contributed by atoms with Crippen LogP contribution in [0.2, 0.25) is 0 Å². The summed E-state index contributed by atoms with van der Waals surface area (Å²) in [6.45, 7) is 4.36. The Morgan fingerprint density at radius 3 is 2.53 bits per heavy atom. The van der Waals surface area contributed by atoms with Crippen LogP contribution in [0, 0.1) is 5.82 Å². The van der Waals surface area contributed by atoms with Gasteiger partial charge in [0.25, 0.3) is 0 Å². The van der Waals surface area contributed by atoms with Crippen molar-refractivity contribution in [2.24, 2.45) is 0 Å². The van der Waals surface area contributed by atoms with E-state index in [1.54, 1.807) is 11.0 Å². The molecule has 2 atom stereocenters. The lowest BCUT2D eigenvalue weighted by molar-refractivity contribution is -0.118. The van der Waals surface area contributed by atoms with Crippen LogP contribution in [0.1, 0.15) is 34.3 Å². The number of para-hydroxylation sites is 1. The highest BCUT2D eigenvalue weighted by molar-refractivity contribution is 5.98. The molecule has 5 rings (SSSR count). The Kier molecular flexibility index (Phi) is 9.06. The zero-order valence-electron chi connectivity index (χ0n) is 24.6. The molecular weight excluding hydrogens is 547 g/mol. The maximum Gasteiger partial charge on any atom is 0.318 e. The van der Waals surface area contributed by atoms with Gasteiger partial charge < -0.3 is 30.3 Å². The first-order chi connectivity index (χ1) is 20.7. The number of H-pyrrole nitrogens is 1. The largest absolute Gasteiger partial charge is 0.367 e. The molecule has 1 aliphatic heterocycles. The number of aldehydes is 1. The molecule has 4 aromatic rings. The molecule has 224 valence electrons. The summed E-state index contributed by atoms with van der Waals surface area (Å²) in [6.07, 6.45) is 2.54. The van der Waals surface area contributed by atoms with Gasteiger partial charge >= 0.3 is 6.03 Å². The molecule has 9 nitrogen and oxygen atoms in total. The van der Waals surface area contributed by atoms with Crippen LogP contribution in [-0.4, -0.2) is 79.3 Å². The Balaban J connectivity index is 1.34. The third kappa shape index (κ3) is 6.86. The van der Waals surface area contributed by atoms with Crippen molar-refractivity contribution in [3.05, 3.63) is 95.4 Å². The zero-order chi connectivity index (χ0) is 30.5. The number of benzene rings is 3. The van der Waals surface area contributed by atoms with Crippen molar-refractivity contribution >= 4 is 40.5 Å². The standard InChI is InChI=1S/C33H37FN6O3/c1-22(28-19-35-29-10-5-4-9-27(28)29)31(32(42)36-26-8-6-7-23(17-26)20-38(2)3)37-33(43)40-15-13-39(14-16-40)30-12-11-25(34)18-24(30)21-41/h4-12,17-19,21-22,31,35H,13-16,20H2,1-3H3,(H,36,42)(H,37,43)/t22-,31+/m0/s1. The first-order valence-electron chi connectivity index (χ1n) is 14.4. The number of aromatic amines is 1. The van der Waals surface area contributed by atoms with E-state index in [9.17, 15) is 18.8 Å². The van der Waals surface area contributed by atoms with Gasteiger partial charge in [-0.3, -0.25) is 9.59 Å². The van der Waals surface area contributed by atoms with Crippen LogP contribution >= 0.6 is 0 Å². The zero-order valence-corrected chi connectivity index (χ0v) is 24.6. The van der Waals surface area contributed by atoms with E-state index in [0.29, 0.717) is 43.8 Å². The predicted molar refractivity (Wildman–Crippen MR) is 167 cm³/mol. The molecule has 0 spiro atoms. The maximum absolute atomic E-state index is 13.8. The fourth-order valence-electron chi connectivity index (χ4n) is 5.68. The van der Waals surface area contributed by atoms with Crippen molar-refractivity contribution in [3.8, 4) is 0 Å². The van der Waals surface area contributed by atoms with Crippen molar-refractivity contribution in [2.45, 2.75) is 25.4 Å². The Labute approximate surface area is 250 Å². The quantitative estimate of drug-likeness (QED) is 0.245. The van der Waals surface area contributed by atoms with Crippen LogP contribution < -0.4 is 15.5 Å². The molecule has 1 fully saturated rings. The fourth-order valence-corrected chi connectivity index (χ4v) is 5.68. The molecule has 10 heteroatoms. The van der Waals surface area contributed by atoms with E-state index in [0.717, 1.165) is 28.6 Å². The van der Waals surface area contributed by atoms with Gasteiger partial charge in [-0.15, -0.1) is 0 Å². The number of piperazine rings is 1. The van der Waals surface area contributed by atoms with Gasteiger partial charge in [0.1, 0.15) is 11.9 Å². The Bertz CT molecular complexity index is 1610. The highest BCUT2D eigenvalue weighted by Crippen LogP contribution is 2.29. The van der Waals surface area contributed by atoms with E-state index in [1.165, 1.54) is 12.1 Å². The molecule has 3 aromatic carbocycles. The van der Waals surface area contributed by atoms with Crippen LogP contribution in [0.15, 0.2) is 72.9 Å². The lowest BCUT2D eigenvalue weighted by atomic mass is 9.92. The summed E-state index contributed by atoms with van der Waals surface area (Å²) in [5.41, 5.74) is 4.52. The lowest BCUT2D eigenvalue weighted by Gasteiger charge is -2.37. The summed E-state index contributed by atoms with van der Waals surface area (Å²) in [5, 5.41) is 7.04. The molecule has 3 amide bonds. The lowest BCUT2D eigenvalue weighted by Crippen LogP contribution is -2.56. The number of hydrogen-bond acceptors (Lipinski definition) is 5. The molecular formula is C33H37FN6O3. The highest BCUT2D eigenvalue weighted by atomic mass is 19.1. The molecule has 0 aliphatic carbocycles. The Morgan fingerprint density at radius 2 is 1.79 bits per heavy atom. The van der Waals surface area contributed by atoms with Gasteiger partial charge in [0.2, 0.25) is 5.91 Å². The first kappa shape index (κ1) is 29.8. The molecule has 0 radical (unpaired) electrons. The summed E-state index contributed by atoms with van der Waals surface area (Å²) in [4.78, 5) is 47.9. The number of halogens is 1. The van der Waals surface area contributed by atoms with Crippen LogP contribution in [0.3, 0.4) is 0 Å². The van der Waals surface area contributed by atoms with Gasteiger partial charge in [0, 0.05) is 72.7 Å². The summed E-state index contributed by atoms with van der Waals surface area (Å²) in [7, 11) is 3.97. The number of hydrogen-bond donors (Lipinski definition) is 3. The van der Waals surface area contributed by atoms with E-state index in [-0.39, 0.29) is 23.4 Å². The average Bonchev–Trinajstić information content (AvgIpc) is 3.43. The molecule has 1 saturated heterocycles. The van der Waals surface area contributed by atoms with Crippen molar-refractivity contribution in [1.82, 2.24) is 20.1 Å². The predicted octanol–water partition coefficient (Wildman–Crippen LogP) is 4.82. The van der Waals surface area contributed by atoms with E-state index >= 15 is 0 Å². The van der Waals surface area contributed by atoms with Gasteiger partial charge in [0.15, 0.2) is 6.29 Å². The fraction of sp³-hybridized carbons (Fsp3) is 0.303. The van der Waals surface area contributed by atoms with E-state index in [1.807, 2.05) is 80.6 Å². The second-order valence-corrected chi connectivity index (χ2v) is 11.2. The number of fused-ring (bicyclic) bond motifs is 1. The number of nitrogens with one attached hydrogen (secondary N) is 3. The monoisotopic (exact) mass is 584 g/mol. The molecule has 2 heterocycles. The van der Waals surface area contributed by atoms with Gasteiger partial charge in [-0.05, 0) is 61.6 Å². The van der Waals surface area contributed by atoms with Crippen LogP contribution in [-0.2, 0) is 11.3 Å². The minimum Gasteiger partial charge on any atom is -0.367 e. The summed E-state index contributed by atoms with van der Waals surface area (Å²) in [6, 6.07) is 18.5. The number of aromatic nitrogens is 1. The second kappa shape index (κ2) is 13.1. The molecule has 1 aliphatic rings. The first-order valence-corrected chi connectivity index (χ1v) is 14.4. The molecule has 1 aromatic heterocycles. The number of carbonyl (C=O) groups excluding carboxylic acids is 3. The van der Waals surface area contributed by atoms with Crippen LogP contribution in [0.5, 0.6) is 0 Å². The third-order valence-corrected chi connectivity index (χ3v) is 7.89. The van der Waals surface area contributed by atoms with Gasteiger partial charge in [0.05, 0.1) is 0 Å².